The van der Waals surface area contributed by atoms with Gasteiger partial charge in [-0.05, 0) is 22.2 Å². The molecular weight excluding hydrogens is 234 g/mol. The lowest BCUT2D eigenvalue weighted by atomic mass is 9.98. The molecular formula is C16H9N3. The predicted molar refractivity (Wildman–Crippen MR) is 77.3 cm³/mol. The van der Waals surface area contributed by atoms with Crippen LogP contribution in [0.4, 0.5) is 5.69 Å². The third-order valence-electron chi connectivity index (χ3n) is 3.60. The number of hydrogen-bond donors (Lipinski definition) is 0. The van der Waals surface area contributed by atoms with Crippen LogP contribution >= 0.6 is 0 Å². The highest BCUT2D eigenvalue weighted by atomic mass is 14.9. The Balaban J connectivity index is 2.21. The van der Waals surface area contributed by atoms with Crippen molar-refractivity contribution >= 4 is 39.2 Å². The Morgan fingerprint density at radius 1 is 0.842 bits per heavy atom. The van der Waals surface area contributed by atoms with E-state index in [2.05, 4.69) is 40.1 Å². The van der Waals surface area contributed by atoms with Gasteiger partial charge in [-0.15, -0.1) is 0 Å². The molecule has 0 aromatic heterocycles. The van der Waals surface area contributed by atoms with E-state index >= 15 is 0 Å². The summed E-state index contributed by atoms with van der Waals surface area (Å²) in [6.07, 6.45) is 1.60. The fraction of sp³-hybridized carbons (Fsp3) is 0. The molecule has 3 heteroatoms. The van der Waals surface area contributed by atoms with Crippen molar-refractivity contribution in [3.8, 4) is 0 Å². The molecule has 0 unspecified atom stereocenters. The normalized spacial score (nSPS) is 12.9. The first-order valence-corrected chi connectivity index (χ1v) is 6.09. The number of hydrogen-bond acceptors (Lipinski definition) is 1. The largest absolute Gasteiger partial charge is 0.361 e. The van der Waals surface area contributed by atoms with Crippen LogP contribution in [0.5, 0.6) is 0 Å². The lowest BCUT2D eigenvalue weighted by molar-refractivity contribution is 0.000206. The van der Waals surface area contributed by atoms with Crippen LogP contribution in [0.15, 0.2) is 53.5 Å². The smallest absolute Gasteiger partial charge is 0.342 e. The Morgan fingerprint density at radius 3 is 2.58 bits per heavy atom. The molecule has 0 atom stereocenters. The summed E-state index contributed by atoms with van der Waals surface area (Å²) in [6, 6.07) is 16.5. The van der Waals surface area contributed by atoms with E-state index in [1.165, 1.54) is 16.2 Å². The minimum absolute atomic E-state index is 0.519. The number of fused-ring (bicyclic) bond motifs is 5. The number of benzene rings is 3. The van der Waals surface area contributed by atoms with Gasteiger partial charge in [0.2, 0.25) is 0 Å². The molecule has 1 aliphatic heterocycles. The van der Waals surface area contributed by atoms with E-state index in [1.54, 1.807) is 6.21 Å². The predicted octanol–water partition coefficient (Wildman–Crippen LogP) is 3.73. The van der Waals surface area contributed by atoms with Crippen LogP contribution in [0.1, 0.15) is 5.56 Å². The zero-order valence-electron chi connectivity index (χ0n) is 10.0. The van der Waals surface area contributed by atoms with Gasteiger partial charge in [0.1, 0.15) is 6.21 Å². The van der Waals surface area contributed by atoms with Gasteiger partial charge in [-0.2, -0.15) is 4.79 Å². The van der Waals surface area contributed by atoms with Crippen molar-refractivity contribution in [1.82, 2.24) is 0 Å². The van der Waals surface area contributed by atoms with E-state index in [0.29, 0.717) is 5.71 Å². The van der Waals surface area contributed by atoms with Crippen molar-refractivity contribution in [2.75, 3.05) is 0 Å². The van der Waals surface area contributed by atoms with Crippen LogP contribution in [-0.2, 0) is 0 Å². The van der Waals surface area contributed by atoms with E-state index < -0.39 is 0 Å². The highest BCUT2D eigenvalue weighted by Crippen LogP contribution is 2.36. The molecule has 1 heterocycles. The van der Waals surface area contributed by atoms with E-state index in [1.807, 2.05) is 18.2 Å². The van der Waals surface area contributed by atoms with Crippen molar-refractivity contribution in [2.24, 2.45) is 4.99 Å². The fourth-order valence-corrected chi connectivity index (χ4v) is 2.69. The van der Waals surface area contributed by atoms with Crippen LogP contribution in [0.3, 0.4) is 0 Å². The Bertz CT molecular complexity index is 916. The molecule has 3 aromatic carbocycles. The van der Waals surface area contributed by atoms with Crippen molar-refractivity contribution in [3.63, 3.8) is 0 Å². The summed E-state index contributed by atoms with van der Waals surface area (Å²) in [6.45, 7) is 0. The lowest BCUT2D eigenvalue weighted by Crippen LogP contribution is -1.97. The molecule has 0 saturated heterocycles. The molecule has 0 saturated carbocycles. The molecule has 1 aliphatic rings. The van der Waals surface area contributed by atoms with Crippen LogP contribution in [0.25, 0.3) is 27.1 Å². The summed E-state index contributed by atoms with van der Waals surface area (Å²) in [5.41, 5.74) is 11.2. The first kappa shape index (κ1) is 10.2. The number of rotatable bonds is 0. The lowest BCUT2D eigenvalue weighted by Gasteiger charge is -2.06. The molecule has 3 aromatic rings. The third-order valence-corrected chi connectivity index (χ3v) is 3.60. The number of nitrogens with zero attached hydrogens (tertiary/aromatic N) is 3. The zero-order valence-corrected chi connectivity index (χ0v) is 10.0. The van der Waals surface area contributed by atoms with E-state index in [9.17, 15) is 0 Å². The minimum atomic E-state index is 0.519. The molecule has 0 amide bonds. The van der Waals surface area contributed by atoms with Gasteiger partial charge in [-0.25, -0.2) is 4.99 Å². The molecule has 0 aliphatic carbocycles. The number of aliphatic imine (C=N–C) groups is 1. The van der Waals surface area contributed by atoms with Crippen LogP contribution in [-0.4, -0.2) is 16.7 Å². The molecule has 0 spiro atoms. The Morgan fingerprint density at radius 2 is 1.68 bits per heavy atom. The van der Waals surface area contributed by atoms with E-state index in [0.717, 1.165) is 16.6 Å². The Labute approximate surface area is 109 Å². The molecule has 88 valence electrons. The fourth-order valence-electron chi connectivity index (χ4n) is 2.69. The van der Waals surface area contributed by atoms with Gasteiger partial charge in [-0.1, -0.05) is 42.5 Å². The van der Waals surface area contributed by atoms with Gasteiger partial charge in [0.15, 0.2) is 0 Å². The van der Waals surface area contributed by atoms with Gasteiger partial charge in [0, 0.05) is 5.39 Å². The molecule has 3 nitrogen and oxygen atoms in total. The van der Waals surface area contributed by atoms with Crippen molar-refractivity contribution in [2.45, 2.75) is 0 Å². The summed E-state index contributed by atoms with van der Waals surface area (Å²) in [5.74, 6) is 0. The van der Waals surface area contributed by atoms with Gasteiger partial charge < -0.3 is 5.53 Å². The summed E-state index contributed by atoms with van der Waals surface area (Å²) in [7, 11) is 0. The standard InChI is InChI=1S/C16H9N3/c17-19-15-9-18-16-13-6-5-10-3-1-2-4-11(10)12(13)7-8-14(15)16/h1-9H. The second-order valence-electron chi connectivity index (χ2n) is 4.59. The molecule has 0 bridgehead atoms. The SMILES string of the molecule is [N-]=[N+]=C1C=Nc2c1ccc1c2ccc2ccccc21. The Hall–Kier alpha value is -2.77. The van der Waals surface area contributed by atoms with Crippen molar-refractivity contribution < 1.29 is 4.79 Å². The van der Waals surface area contributed by atoms with Crippen LogP contribution in [0.2, 0.25) is 0 Å². The molecule has 4 rings (SSSR count). The summed E-state index contributed by atoms with van der Waals surface area (Å²) in [4.78, 5) is 7.64. The van der Waals surface area contributed by atoms with E-state index in [4.69, 9.17) is 5.53 Å². The maximum absolute atomic E-state index is 8.95. The second kappa shape index (κ2) is 3.61. The minimum Gasteiger partial charge on any atom is -0.361 e. The molecule has 0 N–H and O–H groups in total. The highest BCUT2D eigenvalue weighted by molar-refractivity contribution is 6.41. The maximum Gasteiger partial charge on any atom is 0.342 e. The highest BCUT2D eigenvalue weighted by Gasteiger charge is 2.22. The Kier molecular flexibility index (Phi) is 1.93. The van der Waals surface area contributed by atoms with Crippen molar-refractivity contribution in [1.29, 1.82) is 0 Å². The zero-order chi connectivity index (χ0) is 12.8. The first-order chi connectivity index (χ1) is 9.38. The van der Waals surface area contributed by atoms with Gasteiger partial charge in [-0.3, -0.25) is 0 Å². The van der Waals surface area contributed by atoms with Gasteiger partial charge in [0.25, 0.3) is 0 Å². The van der Waals surface area contributed by atoms with E-state index in [-0.39, 0.29) is 0 Å². The average molecular weight is 243 g/mol. The van der Waals surface area contributed by atoms with Crippen LogP contribution < -0.4 is 0 Å². The topological polar surface area (TPSA) is 48.8 Å². The second-order valence-corrected chi connectivity index (χ2v) is 4.59. The average Bonchev–Trinajstić information content (AvgIpc) is 2.90. The van der Waals surface area contributed by atoms with Crippen LogP contribution in [0, 0.1) is 0 Å². The first-order valence-electron chi connectivity index (χ1n) is 6.09. The molecule has 0 radical (unpaired) electrons. The van der Waals surface area contributed by atoms with Crippen molar-refractivity contribution in [3.05, 3.63) is 59.6 Å². The summed E-state index contributed by atoms with van der Waals surface area (Å²) in [5, 5.41) is 4.69. The molecule has 19 heavy (non-hydrogen) atoms. The third kappa shape index (κ3) is 1.30. The van der Waals surface area contributed by atoms with Gasteiger partial charge in [0.05, 0.1) is 11.3 Å². The summed E-state index contributed by atoms with van der Waals surface area (Å²) >= 11 is 0. The quantitative estimate of drug-likeness (QED) is 0.328. The summed E-state index contributed by atoms with van der Waals surface area (Å²) < 4.78 is 0. The maximum atomic E-state index is 8.95. The monoisotopic (exact) mass is 243 g/mol. The van der Waals surface area contributed by atoms with Gasteiger partial charge >= 0.3 is 5.71 Å². The molecule has 0 fully saturated rings.